The molecular formula is C17H15N3O4. The van der Waals surface area contributed by atoms with Crippen molar-refractivity contribution in [3.63, 3.8) is 0 Å². The number of hydrogen-bond acceptors (Lipinski definition) is 6. The Balaban J connectivity index is 1.74. The maximum absolute atomic E-state index is 12.0. The average molecular weight is 325 g/mol. The Hall–Kier alpha value is -3.22. The molecule has 3 rings (SSSR count). The minimum absolute atomic E-state index is 0.109. The molecule has 2 heterocycles. The third kappa shape index (κ3) is 3.24. The van der Waals surface area contributed by atoms with E-state index in [2.05, 4.69) is 10.2 Å². The molecule has 0 aliphatic rings. The van der Waals surface area contributed by atoms with Crippen molar-refractivity contribution in [2.45, 2.75) is 20.0 Å². The predicted molar refractivity (Wildman–Crippen MR) is 83.7 cm³/mol. The topological polar surface area (TPSA) is 92.2 Å². The third-order valence-electron chi connectivity index (χ3n) is 3.40. The fourth-order valence-corrected chi connectivity index (χ4v) is 2.07. The fraction of sp³-hybridized carbons (Fsp3) is 0.176. The summed E-state index contributed by atoms with van der Waals surface area (Å²) in [5, 5.41) is 19.4. The highest BCUT2D eigenvalue weighted by molar-refractivity contribution is 5.85. The SMILES string of the molecule is Cc1ccc(-c2nnc([C@H](C)OC(=O)c3cccc[n+]3[O-])o2)cc1. The molecule has 3 aromatic rings. The number of ether oxygens (including phenoxy) is 1. The number of esters is 1. The van der Waals surface area contributed by atoms with Gasteiger partial charge in [-0.3, -0.25) is 0 Å². The van der Waals surface area contributed by atoms with E-state index in [9.17, 15) is 10.0 Å². The van der Waals surface area contributed by atoms with Gasteiger partial charge in [0.1, 0.15) is 0 Å². The van der Waals surface area contributed by atoms with Gasteiger partial charge in [0.25, 0.3) is 5.89 Å². The first-order valence-corrected chi connectivity index (χ1v) is 7.34. The zero-order chi connectivity index (χ0) is 17.1. The molecule has 0 saturated heterocycles. The molecule has 2 aromatic heterocycles. The van der Waals surface area contributed by atoms with Crippen LogP contribution >= 0.6 is 0 Å². The lowest BCUT2D eigenvalue weighted by molar-refractivity contribution is -0.608. The molecule has 7 nitrogen and oxygen atoms in total. The minimum Gasteiger partial charge on any atom is -0.618 e. The molecule has 0 unspecified atom stereocenters. The van der Waals surface area contributed by atoms with Crippen LogP contribution in [0.5, 0.6) is 0 Å². The van der Waals surface area contributed by atoms with Gasteiger partial charge in [0.2, 0.25) is 5.89 Å². The van der Waals surface area contributed by atoms with E-state index < -0.39 is 12.1 Å². The van der Waals surface area contributed by atoms with E-state index >= 15 is 0 Å². The Labute approximate surface area is 138 Å². The molecule has 0 radical (unpaired) electrons. The van der Waals surface area contributed by atoms with Crippen LogP contribution in [-0.2, 0) is 4.74 Å². The molecule has 0 N–H and O–H groups in total. The lowest BCUT2D eigenvalue weighted by atomic mass is 10.1. The van der Waals surface area contributed by atoms with Crippen LogP contribution < -0.4 is 4.73 Å². The number of carbonyl (C=O) groups excluding carboxylic acids is 1. The fourth-order valence-electron chi connectivity index (χ4n) is 2.07. The van der Waals surface area contributed by atoms with Crippen molar-refractivity contribution in [3.8, 4) is 11.5 Å². The monoisotopic (exact) mass is 325 g/mol. The molecule has 1 atom stereocenters. The molecule has 1 aromatic carbocycles. The highest BCUT2D eigenvalue weighted by Crippen LogP contribution is 2.23. The quantitative estimate of drug-likeness (QED) is 0.416. The number of pyridine rings is 1. The van der Waals surface area contributed by atoms with Gasteiger partial charge in [-0.25, -0.2) is 4.79 Å². The van der Waals surface area contributed by atoms with Gasteiger partial charge in [-0.05, 0) is 32.0 Å². The van der Waals surface area contributed by atoms with E-state index in [1.54, 1.807) is 13.0 Å². The van der Waals surface area contributed by atoms with E-state index in [0.29, 0.717) is 10.6 Å². The predicted octanol–water partition coefficient (Wildman–Crippen LogP) is 2.60. The summed E-state index contributed by atoms with van der Waals surface area (Å²) < 4.78 is 11.2. The highest BCUT2D eigenvalue weighted by atomic mass is 16.6. The van der Waals surface area contributed by atoms with E-state index in [0.717, 1.165) is 11.1 Å². The summed E-state index contributed by atoms with van der Waals surface area (Å²) in [6, 6.07) is 12.1. The minimum atomic E-state index is -0.774. The molecule has 0 saturated carbocycles. The molecule has 0 bridgehead atoms. The van der Waals surface area contributed by atoms with Crippen molar-refractivity contribution >= 4 is 5.97 Å². The van der Waals surface area contributed by atoms with Crippen molar-refractivity contribution in [2.75, 3.05) is 0 Å². The van der Waals surface area contributed by atoms with Gasteiger partial charge in [-0.15, -0.1) is 10.2 Å². The Bertz CT molecular complexity index is 858. The third-order valence-corrected chi connectivity index (χ3v) is 3.40. The van der Waals surface area contributed by atoms with Crippen molar-refractivity contribution in [1.29, 1.82) is 0 Å². The number of nitrogens with zero attached hydrogens (tertiary/aromatic N) is 3. The molecule has 0 fully saturated rings. The number of aromatic nitrogens is 3. The molecule has 24 heavy (non-hydrogen) atoms. The smallest absolute Gasteiger partial charge is 0.405 e. The summed E-state index contributed by atoms with van der Waals surface area (Å²) in [7, 11) is 0. The van der Waals surface area contributed by atoms with Crippen molar-refractivity contribution < 1.29 is 18.7 Å². The second-order valence-corrected chi connectivity index (χ2v) is 5.27. The summed E-state index contributed by atoms with van der Waals surface area (Å²) in [5.74, 6) is -0.257. The number of carbonyl (C=O) groups is 1. The molecule has 0 aliphatic heterocycles. The summed E-state index contributed by atoms with van der Waals surface area (Å²) >= 11 is 0. The van der Waals surface area contributed by atoms with Gasteiger partial charge >= 0.3 is 11.7 Å². The number of benzene rings is 1. The first-order valence-electron chi connectivity index (χ1n) is 7.34. The molecule has 7 heteroatoms. The van der Waals surface area contributed by atoms with Gasteiger partial charge in [0, 0.05) is 17.7 Å². The molecule has 0 amide bonds. The zero-order valence-corrected chi connectivity index (χ0v) is 13.2. The first kappa shape index (κ1) is 15.7. The zero-order valence-electron chi connectivity index (χ0n) is 13.2. The van der Waals surface area contributed by atoms with Crippen molar-refractivity contribution in [2.24, 2.45) is 0 Å². The molecule has 0 aliphatic carbocycles. The molecule has 122 valence electrons. The van der Waals surface area contributed by atoms with Crippen LogP contribution in [0.15, 0.2) is 53.1 Å². The normalized spacial score (nSPS) is 11.9. The van der Waals surface area contributed by atoms with E-state index in [-0.39, 0.29) is 11.6 Å². The van der Waals surface area contributed by atoms with Crippen LogP contribution in [-0.4, -0.2) is 16.2 Å². The standard InChI is InChI=1S/C17H15N3O4/c1-11-6-8-13(9-7-11)16-19-18-15(24-16)12(2)23-17(21)14-5-3-4-10-20(14)22/h3-10,12H,1-2H3/t12-/m0/s1. The second-order valence-electron chi connectivity index (χ2n) is 5.27. The van der Waals surface area contributed by atoms with E-state index in [1.807, 2.05) is 31.2 Å². The first-order chi connectivity index (χ1) is 11.5. The van der Waals surface area contributed by atoms with Crippen LogP contribution in [0.2, 0.25) is 0 Å². The molecular weight excluding hydrogens is 310 g/mol. The Morgan fingerprint density at radius 3 is 2.67 bits per heavy atom. The van der Waals surface area contributed by atoms with E-state index in [4.69, 9.17) is 9.15 Å². The average Bonchev–Trinajstić information content (AvgIpc) is 3.06. The summed E-state index contributed by atoms with van der Waals surface area (Å²) in [6.45, 7) is 3.58. The maximum atomic E-state index is 12.0. The Morgan fingerprint density at radius 2 is 1.96 bits per heavy atom. The van der Waals surface area contributed by atoms with Gasteiger partial charge < -0.3 is 14.4 Å². The number of aryl methyl sites for hydroxylation is 1. The summed E-state index contributed by atoms with van der Waals surface area (Å²) in [4.78, 5) is 12.0. The number of hydrogen-bond donors (Lipinski definition) is 0. The lowest BCUT2D eigenvalue weighted by Gasteiger charge is -2.08. The number of rotatable bonds is 4. The summed E-state index contributed by atoms with van der Waals surface area (Å²) in [6.07, 6.45) is 0.452. The maximum Gasteiger partial charge on any atom is 0.405 e. The van der Waals surface area contributed by atoms with Gasteiger partial charge in [-0.2, -0.15) is 4.73 Å². The van der Waals surface area contributed by atoms with Crippen molar-refractivity contribution in [3.05, 3.63) is 71.0 Å². The van der Waals surface area contributed by atoms with Gasteiger partial charge in [0.05, 0.1) is 0 Å². The lowest BCUT2D eigenvalue weighted by Crippen LogP contribution is -2.34. The van der Waals surface area contributed by atoms with Crippen LogP contribution in [0, 0.1) is 12.1 Å². The van der Waals surface area contributed by atoms with Crippen LogP contribution in [0.1, 0.15) is 35.0 Å². The Kier molecular flexibility index (Phi) is 4.24. The van der Waals surface area contributed by atoms with Crippen LogP contribution in [0.25, 0.3) is 11.5 Å². The van der Waals surface area contributed by atoms with Gasteiger partial charge in [0.15, 0.2) is 12.3 Å². The second kappa shape index (κ2) is 6.49. The Morgan fingerprint density at radius 1 is 1.21 bits per heavy atom. The van der Waals surface area contributed by atoms with Crippen molar-refractivity contribution in [1.82, 2.24) is 10.2 Å². The van der Waals surface area contributed by atoms with Crippen LogP contribution in [0.4, 0.5) is 0 Å². The largest absolute Gasteiger partial charge is 0.618 e. The molecule has 0 spiro atoms. The van der Waals surface area contributed by atoms with E-state index in [1.165, 1.54) is 18.3 Å². The van der Waals surface area contributed by atoms with Gasteiger partial charge in [-0.1, -0.05) is 17.7 Å². The highest BCUT2D eigenvalue weighted by Gasteiger charge is 2.24. The summed E-state index contributed by atoms with van der Waals surface area (Å²) in [5.41, 5.74) is 1.79. The van der Waals surface area contributed by atoms with Crippen LogP contribution in [0.3, 0.4) is 0 Å².